The fourth-order valence-electron chi connectivity index (χ4n) is 2.31. The largest absolute Gasteiger partial charge is 0.325 e. The predicted octanol–water partition coefficient (Wildman–Crippen LogP) is 1.44. The lowest BCUT2D eigenvalue weighted by Crippen LogP contribution is -2.38. The summed E-state index contributed by atoms with van der Waals surface area (Å²) in [6, 6.07) is 0. The van der Waals surface area contributed by atoms with Gasteiger partial charge in [0.25, 0.3) is 0 Å². The molecule has 1 amide bonds. The molecule has 0 aromatic carbocycles. The normalized spacial score (nSPS) is 27.7. The molecule has 3 nitrogen and oxygen atoms in total. The van der Waals surface area contributed by atoms with Crippen molar-refractivity contribution >= 4 is 17.7 Å². The molecule has 1 aliphatic carbocycles. The smallest absolute Gasteiger partial charge is 0.244 e. The number of carbonyl (C=O) groups excluding carboxylic acids is 1. The van der Waals surface area contributed by atoms with E-state index in [2.05, 4.69) is 23.4 Å². The van der Waals surface area contributed by atoms with Crippen LogP contribution in [0, 0.1) is 0 Å². The Morgan fingerprint density at radius 2 is 2.33 bits per heavy atom. The highest BCUT2D eigenvalue weighted by Gasteiger charge is 2.58. The minimum atomic E-state index is -0.127. The van der Waals surface area contributed by atoms with Crippen LogP contribution in [-0.4, -0.2) is 41.1 Å². The first-order valence-corrected chi connectivity index (χ1v) is 7.20. The maximum atomic E-state index is 12.1. The highest BCUT2D eigenvalue weighted by Crippen LogP contribution is 2.42. The minimum absolute atomic E-state index is 0.127. The van der Waals surface area contributed by atoms with E-state index in [1.54, 1.807) is 0 Å². The van der Waals surface area contributed by atoms with Gasteiger partial charge >= 0.3 is 0 Å². The van der Waals surface area contributed by atoms with Gasteiger partial charge in [-0.3, -0.25) is 10.1 Å². The minimum Gasteiger partial charge on any atom is -0.325 e. The molecule has 4 heteroatoms. The second kappa shape index (κ2) is 4.34. The third-order valence-electron chi connectivity index (χ3n) is 3.34. The van der Waals surface area contributed by atoms with Crippen LogP contribution in [0.25, 0.3) is 0 Å². The molecule has 2 fully saturated rings. The number of amides is 1. The van der Waals surface area contributed by atoms with E-state index in [4.69, 9.17) is 0 Å². The van der Waals surface area contributed by atoms with Crippen LogP contribution in [0.3, 0.4) is 0 Å². The molecule has 1 atom stereocenters. The average Bonchev–Trinajstić information content (AvgIpc) is 2.94. The van der Waals surface area contributed by atoms with Gasteiger partial charge in [0.2, 0.25) is 5.91 Å². The first-order valence-electron chi connectivity index (χ1n) is 5.81. The van der Waals surface area contributed by atoms with Gasteiger partial charge in [-0.15, -0.1) is 0 Å². The second-order valence-electron chi connectivity index (χ2n) is 4.52. The number of hydrogen-bond acceptors (Lipinski definition) is 3. The lowest BCUT2D eigenvalue weighted by Gasteiger charge is -2.23. The fraction of sp³-hybridized carbons (Fsp3) is 0.909. The van der Waals surface area contributed by atoms with Gasteiger partial charge in [0.05, 0.1) is 11.7 Å². The zero-order valence-corrected chi connectivity index (χ0v) is 10.4. The second-order valence-corrected chi connectivity index (χ2v) is 5.51. The summed E-state index contributed by atoms with van der Waals surface area (Å²) in [7, 11) is 0. The van der Waals surface area contributed by atoms with Gasteiger partial charge in [-0.05, 0) is 25.5 Å². The van der Waals surface area contributed by atoms with E-state index in [1.165, 1.54) is 0 Å². The topological polar surface area (TPSA) is 32.3 Å². The molecule has 1 saturated carbocycles. The Balaban J connectivity index is 2.00. The summed E-state index contributed by atoms with van der Waals surface area (Å²) in [5.74, 6) is 1.40. The first-order chi connectivity index (χ1) is 7.23. The van der Waals surface area contributed by atoms with Gasteiger partial charge in [-0.1, -0.05) is 13.3 Å². The highest BCUT2D eigenvalue weighted by molar-refractivity contribution is 7.98. The lowest BCUT2D eigenvalue weighted by atomic mass is 10.2. The molecular formula is C11H20N2OS. The van der Waals surface area contributed by atoms with Gasteiger partial charge in [0, 0.05) is 12.3 Å². The average molecular weight is 228 g/mol. The Morgan fingerprint density at radius 3 is 2.87 bits per heavy atom. The Kier molecular flexibility index (Phi) is 3.26. The molecule has 2 aliphatic rings. The molecule has 0 radical (unpaired) electrons. The van der Waals surface area contributed by atoms with E-state index in [0.29, 0.717) is 12.1 Å². The quantitative estimate of drug-likeness (QED) is 0.773. The van der Waals surface area contributed by atoms with Crippen LogP contribution in [0.2, 0.25) is 0 Å². The van der Waals surface area contributed by atoms with E-state index in [1.807, 2.05) is 11.8 Å². The van der Waals surface area contributed by atoms with Crippen LogP contribution in [0.1, 0.15) is 32.6 Å². The van der Waals surface area contributed by atoms with E-state index in [-0.39, 0.29) is 5.54 Å². The third kappa shape index (κ3) is 2.02. The fourth-order valence-corrected chi connectivity index (χ4v) is 2.69. The molecule has 86 valence electrons. The number of nitrogens with zero attached hydrogens (tertiary/aromatic N) is 1. The van der Waals surface area contributed by atoms with Crippen molar-refractivity contribution in [3.63, 3.8) is 0 Å². The Bertz CT molecular complexity index is 253. The lowest BCUT2D eigenvalue weighted by molar-refractivity contribution is -0.130. The van der Waals surface area contributed by atoms with E-state index in [9.17, 15) is 4.79 Å². The summed E-state index contributed by atoms with van der Waals surface area (Å²) in [5, 5.41) is 3.52. The van der Waals surface area contributed by atoms with E-state index < -0.39 is 0 Å². The predicted molar refractivity (Wildman–Crippen MR) is 63.9 cm³/mol. The molecule has 15 heavy (non-hydrogen) atoms. The molecule has 1 unspecified atom stereocenters. The summed E-state index contributed by atoms with van der Waals surface area (Å²) >= 11 is 1.81. The van der Waals surface area contributed by atoms with Crippen molar-refractivity contribution < 1.29 is 4.79 Å². The summed E-state index contributed by atoms with van der Waals surface area (Å²) in [4.78, 5) is 14.2. The number of nitrogens with one attached hydrogen (secondary N) is 1. The highest BCUT2D eigenvalue weighted by atomic mass is 32.2. The van der Waals surface area contributed by atoms with Gasteiger partial charge < -0.3 is 4.90 Å². The van der Waals surface area contributed by atoms with Crippen molar-refractivity contribution in [3.8, 4) is 0 Å². The monoisotopic (exact) mass is 228 g/mol. The molecule has 2 rings (SSSR count). The van der Waals surface area contributed by atoms with Crippen molar-refractivity contribution in [2.75, 3.05) is 18.6 Å². The van der Waals surface area contributed by atoms with Gasteiger partial charge in [0.15, 0.2) is 0 Å². The van der Waals surface area contributed by atoms with Crippen LogP contribution in [0.4, 0.5) is 0 Å². The van der Waals surface area contributed by atoms with Crippen molar-refractivity contribution in [2.45, 2.75) is 44.3 Å². The Morgan fingerprint density at radius 1 is 1.60 bits per heavy atom. The maximum Gasteiger partial charge on any atom is 0.244 e. The number of hydrogen-bond donors (Lipinski definition) is 1. The van der Waals surface area contributed by atoms with Crippen LogP contribution in [0.15, 0.2) is 0 Å². The first kappa shape index (κ1) is 11.3. The van der Waals surface area contributed by atoms with Crippen LogP contribution in [-0.2, 0) is 4.79 Å². The zero-order valence-electron chi connectivity index (χ0n) is 9.58. The maximum absolute atomic E-state index is 12.1. The van der Waals surface area contributed by atoms with Crippen molar-refractivity contribution in [1.29, 1.82) is 0 Å². The van der Waals surface area contributed by atoms with E-state index >= 15 is 0 Å². The van der Waals surface area contributed by atoms with Crippen molar-refractivity contribution in [3.05, 3.63) is 0 Å². The molecule has 1 N–H and O–H groups in total. The summed E-state index contributed by atoms with van der Waals surface area (Å²) in [5.41, 5.74) is -0.127. The van der Waals surface area contributed by atoms with Crippen molar-refractivity contribution in [2.24, 2.45) is 0 Å². The van der Waals surface area contributed by atoms with Gasteiger partial charge in [-0.25, -0.2) is 0 Å². The van der Waals surface area contributed by atoms with E-state index in [0.717, 1.165) is 38.0 Å². The summed E-state index contributed by atoms with van der Waals surface area (Å²) in [6.07, 6.45) is 6.70. The summed E-state index contributed by atoms with van der Waals surface area (Å²) in [6.45, 7) is 3.08. The number of rotatable bonds is 5. The van der Waals surface area contributed by atoms with Crippen molar-refractivity contribution in [1.82, 2.24) is 10.2 Å². The molecule has 1 aliphatic heterocycles. The molecule has 0 aromatic heterocycles. The molecular weight excluding hydrogens is 208 g/mol. The number of carbonyl (C=O) groups is 1. The SMILES string of the molecule is CCCC1NC2(CC2)C(=O)N1CCSC. The number of thioether (sulfide) groups is 1. The Labute approximate surface area is 96.0 Å². The zero-order chi connectivity index (χ0) is 10.9. The Hall–Kier alpha value is -0.220. The van der Waals surface area contributed by atoms with Crippen LogP contribution >= 0.6 is 11.8 Å². The van der Waals surface area contributed by atoms with Gasteiger partial charge in [0.1, 0.15) is 0 Å². The van der Waals surface area contributed by atoms with Crippen LogP contribution in [0.5, 0.6) is 0 Å². The standard InChI is InChI=1S/C11H20N2OS/c1-3-4-9-12-11(5-6-11)10(14)13(9)7-8-15-2/h9,12H,3-8H2,1-2H3. The third-order valence-corrected chi connectivity index (χ3v) is 3.93. The summed E-state index contributed by atoms with van der Waals surface area (Å²) < 4.78 is 0. The molecule has 0 bridgehead atoms. The molecule has 1 spiro atoms. The van der Waals surface area contributed by atoms with Gasteiger partial charge in [-0.2, -0.15) is 11.8 Å². The molecule has 1 heterocycles. The molecule has 0 aromatic rings. The molecule has 1 saturated heterocycles. The van der Waals surface area contributed by atoms with Crippen LogP contribution < -0.4 is 5.32 Å².